The van der Waals surface area contributed by atoms with E-state index in [1.165, 1.54) is 0 Å². The van der Waals surface area contributed by atoms with Crippen molar-refractivity contribution < 1.29 is 14.8 Å². The molecule has 82 valence electrons. The highest BCUT2D eigenvalue weighted by molar-refractivity contribution is 5.91. The Balaban J connectivity index is 3.49. The molecule has 14 heavy (non-hydrogen) atoms. The van der Waals surface area contributed by atoms with Gasteiger partial charge < -0.3 is 5.73 Å². The van der Waals surface area contributed by atoms with Crippen LogP contribution in [0.25, 0.3) is 0 Å². The van der Waals surface area contributed by atoms with E-state index in [-0.39, 0.29) is 11.5 Å². The van der Waals surface area contributed by atoms with Gasteiger partial charge in [-0.05, 0) is 6.42 Å². The molecular weight excluding hydrogens is 184 g/mol. The summed E-state index contributed by atoms with van der Waals surface area (Å²) in [6, 6.07) is -1.12. The van der Waals surface area contributed by atoms with Crippen molar-refractivity contribution in [1.29, 1.82) is 0 Å². The van der Waals surface area contributed by atoms with Gasteiger partial charge in [0.2, 0.25) is 0 Å². The Hall–Kier alpha value is -1.10. The number of rotatable bonds is 6. The van der Waals surface area contributed by atoms with Crippen LogP contribution in [0.1, 0.15) is 45.4 Å². The first kappa shape index (κ1) is 12.9. The van der Waals surface area contributed by atoms with E-state index in [1.54, 1.807) is 0 Å². The molecule has 0 spiro atoms. The van der Waals surface area contributed by atoms with Crippen LogP contribution in [0.4, 0.5) is 4.79 Å². The third-order valence-corrected chi connectivity index (χ3v) is 1.94. The minimum atomic E-state index is -1.12. The number of nitrogens with two attached hydrogens (primary N) is 1. The summed E-state index contributed by atoms with van der Waals surface area (Å²) in [4.78, 5) is 21.3. The molecule has 0 aliphatic rings. The van der Waals surface area contributed by atoms with Gasteiger partial charge in [0.25, 0.3) is 5.91 Å². The molecule has 0 heterocycles. The molecule has 0 aliphatic heterocycles. The van der Waals surface area contributed by atoms with Crippen LogP contribution in [0.3, 0.4) is 0 Å². The van der Waals surface area contributed by atoms with Crippen LogP contribution in [0.5, 0.6) is 0 Å². The number of hydrogen-bond acceptors (Lipinski definition) is 3. The van der Waals surface area contributed by atoms with Gasteiger partial charge in [-0.25, -0.2) is 4.79 Å². The van der Waals surface area contributed by atoms with E-state index in [0.29, 0.717) is 6.42 Å². The van der Waals surface area contributed by atoms with E-state index >= 15 is 0 Å². The van der Waals surface area contributed by atoms with Crippen LogP contribution in [0.15, 0.2) is 0 Å². The molecule has 0 rings (SSSR count). The number of amides is 3. The summed E-state index contributed by atoms with van der Waals surface area (Å²) >= 11 is 0. The van der Waals surface area contributed by atoms with Gasteiger partial charge in [-0.15, -0.1) is 5.06 Å². The molecule has 0 saturated carbocycles. The molecule has 0 aliphatic carbocycles. The molecule has 5 heteroatoms. The SMILES string of the molecule is CCCCCCCC(=O)N(O)C(N)=O. The number of carbonyl (C=O) groups is 2. The maximum atomic E-state index is 11.0. The van der Waals surface area contributed by atoms with Crippen molar-refractivity contribution in [3.8, 4) is 0 Å². The van der Waals surface area contributed by atoms with Crippen LogP contribution in [-0.4, -0.2) is 22.2 Å². The molecule has 0 atom stereocenters. The summed E-state index contributed by atoms with van der Waals surface area (Å²) in [5, 5.41) is 8.78. The molecule has 0 unspecified atom stereocenters. The first-order valence-corrected chi connectivity index (χ1v) is 4.90. The molecule has 5 nitrogen and oxygen atoms in total. The number of primary amides is 1. The summed E-state index contributed by atoms with van der Waals surface area (Å²) in [6.07, 6.45) is 5.15. The third kappa shape index (κ3) is 5.53. The van der Waals surface area contributed by atoms with Crippen molar-refractivity contribution in [1.82, 2.24) is 5.06 Å². The van der Waals surface area contributed by atoms with Gasteiger partial charge >= 0.3 is 6.03 Å². The van der Waals surface area contributed by atoms with Crippen LogP contribution in [0.2, 0.25) is 0 Å². The zero-order chi connectivity index (χ0) is 11.0. The fraction of sp³-hybridized carbons (Fsp3) is 0.778. The Morgan fingerprint density at radius 3 is 2.29 bits per heavy atom. The molecule has 0 saturated heterocycles. The first-order chi connectivity index (χ1) is 6.59. The Morgan fingerprint density at radius 2 is 1.79 bits per heavy atom. The Bertz CT molecular complexity index is 194. The van der Waals surface area contributed by atoms with E-state index in [4.69, 9.17) is 10.9 Å². The number of unbranched alkanes of at least 4 members (excludes halogenated alkanes) is 4. The van der Waals surface area contributed by atoms with Crippen molar-refractivity contribution in [3.05, 3.63) is 0 Å². The fourth-order valence-corrected chi connectivity index (χ4v) is 1.11. The quantitative estimate of drug-likeness (QED) is 0.390. The molecular formula is C9H18N2O3. The predicted octanol–water partition coefficient (Wildman–Crippen LogP) is 1.64. The lowest BCUT2D eigenvalue weighted by Gasteiger charge is -2.09. The van der Waals surface area contributed by atoms with Crippen molar-refractivity contribution >= 4 is 11.9 Å². The second-order valence-corrected chi connectivity index (χ2v) is 3.21. The number of imide groups is 1. The topological polar surface area (TPSA) is 83.6 Å². The number of urea groups is 1. The van der Waals surface area contributed by atoms with E-state index in [1.807, 2.05) is 0 Å². The summed E-state index contributed by atoms with van der Waals surface area (Å²) in [6.45, 7) is 2.10. The highest BCUT2D eigenvalue weighted by Gasteiger charge is 2.14. The summed E-state index contributed by atoms with van der Waals surface area (Å²) < 4.78 is 0. The maximum absolute atomic E-state index is 11.0. The second-order valence-electron chi connectivity index (χ2n) is 3.21. The van der Waals surface area contributed by atoms with Gasteiger partial charge in [-0.2, -0.15) is 0 Å². The smallest absolute Gasteiger partial charge is 0.345 e. The number of carbonyl (C=O) groups excluding carboxylic acids is 2. The van der Waals surface area contributed by atoms with Crippen molar-refractivity contribution in [2.45, 2.75) is 45.4 Å². The fourth-order valence-electron chi connectivity index (χ4n) is 1.11. The van der Waals surface area contributed by atoms with Gasteiger partial charge in [-0.1, -0.05) is 32.6 Å². The average molecular weight is 202 g/mol. The largest absolute Gasteiger partial charge is 0.349 e. The monoisotopic (exact) mass is 202 g/mol. The molecule has 3 N–H and O–H groups in total. The molecule has 0 aromatic heterocycles. The summed E-state index contributed by atoms with van der Waals surface area (Å²) in [7, 11) is 0. The molecule has 3 amide bonds. The van der Waals surface area contributed by atoms with Gasteiger partial charge in [0.1, 0.15) is 0 Å². The minimum Gasteiger partial charge on any atom is -0.349 e. The highest BCUT2D eigenvalue weighted by atomic mass is 16.5. The maximum Gasteiger partial charge on any atom is 0.345 e. The Morgan fingerprint density at radius 1 is 1.21 bits per heavy atom. The van der Waals surface area contributed by atoms with Crippen LogP contribution < -0.4 is 5.73 Å². The van der Waals surface area contributed by atoms with Gasteiger partial charge in [0.05, 0.1) is 0 Å². The average Bonchev–Trinajstić information content (AvgIpc) is 2.16. The van der Waals surface area contributed by atoms with Crippen LogP contribution in [-0.2, 0) is 4.79 Å². The van der Waals surface area contributed by atoms with E-state index in [9.17, 15) is 9.59 Å². The van der Waals surface area contributed by atoms with Crippen molar-refractivity contribution in [3.63, 3.8) is 0 Å². The Kier molecular flexibility index (Phi) is 6.74. The Labute approximate surface area is 83.8 Å². The molecule has 0 bridgehead atoms. The standard InChI is InChI=1S/C9H18N2O3/c1-2-3-4-5-6-7-8(12)11(14)9(10)13/h14H,2-7H2,1H3,(H2,10,13). The van der Waals surface area contributed by atoms with E-state index in [0.717, 1.165) is 25.7 Å². The normalized spacial score (nSPS) is 9.86. The van der Waals surface area contributed by atoms with Crippen LogP contribution in [0, 0.1) is 0 Å². The zero-order valence-electron chi connectivity index (χ0n) is 8.53. The first-order valence-electron chi connectivity index (χ1n) is 4.90. The van der Waals surface area contributed by atoms with Gasteiger partial charge in [0, 0.05) is 6.42 Å². The molecule has 0 aromatic carbocycles. The third-order valence-electron chi connectivity index (χ3n) is 1.94. The lowest BCUT2D eigenvalue weighted by molar-refractivity contribution is -0.152. The summed E-state index contributed by atoms with van der Waals surface area (Å²) in [5.41, 5.74) is 4.70. The number of hydroxylamine groups is 2. The van der Waals surface area contributed by atoms with E-state index in [2.05, 4.69) is 6.92 Å². The lowest BCUT2D eigenvalue weighted by atomic mass is 10.1. The highest BCUT2D eigenvalue weighted by Crippen LogP contribution is 2.06. The van der Waals surface area contributed by atoms with Gasteiger partial charge in [-0.3, -0.25) is 10.0 Å². The van der Waals surface area contributed by atoms with Crippen molar-refractivity contribution in [2.24, 2.45) is 5.73 Å². The number of nitrogens with zero attached hydrogens (tertiary/aromatic N) is 1. The van der Waals surface area contributed by atoms with E-state index < -0.39 is 11.9 Å². The van der Waals surface area contributed by atoms with Crippen LogP contribution >= 0.6 is 0 Å². The minimum absolute atomic E-state index is 0.0280. The lowest BCUT2D eigenvalue weighted by Crippen LogP contribution is -2.37. The zero-order valence-corrected chi connectivity index (χ0v) is 8.53. The molecule has 0 radical (unpaired) electrons. The van der Waals surface area contributed by atoms with Gasteiger partial charge in [0.15, 0.2) is 0 Å². The number of hydrogen-bond donors (Lipinski definition) is 2. The summed E-state index contributed by atoms with van der Waals surface area (Å²) in [5.74, 6) is -0.631. The van der Waals surface area contributed by atoms with Crippen molar-refractivity contribution in [2.75, 3.05) is 0 Å². The second kappa shape index (κ2) is 7.32. The molecule has 0 aromatic rings. The predicted molar refractivity (Wildman–Crippen MR) is 51.6 cm³/mol. The molecule has 0 fully saturated rings.